The van der Waals surface area contributed by atoms with Crippen LogP contribution in [0, 0.1) is 0 Å². The van der Waals surface area contributed by atoms with Crippen LogP contribution in [0.15, 0.2) is 24.3 Å². The normalized spacial score (nSPS) is 28.6. The molecular weight excluding hydrogens is 292 g/mol. The first-order valence-corrected chi connectivity index (χ1v) is 8.36. The zero-order valence-electron chi connectivity index (χ0n) is 13.5. The lowest BCUT2D eigenvalue weighted by molar-refractivity contribution is -0.123. The van der Waals surface area contributed by atoms with Crippen molar-refractivity contribution in [2.75, 3.05) is 6.54 Å². The first kappa shape index (κ1) is 16.0. The second kappa shape index (κ2) is 6.32. The summed E-state index contributed by atoms with van der Waals surface area (Å²) in [6.07, 6.45) is 4.46. The predicted molar refractivity (Wildman–Crippen MR) is 87.2 cm³/mol. The van der Waals surface area contributed by atoms with Crippen LogP contribution in [-0.4, -0.2) is 40.0 Å². The molecule has 3 rings (SSSR count). The average molecular weight is 316 g/mol. The molecule has 2 aliphatic heterocycles. The Morgan fingerprint density at radius 2 is 2.17 bits per heavy atom. The zero-order chi connectivity index (χ0) is 16.4. The molecule has 0 spiro atoms. The van der Waals surface area contributed by atoms with E-state index in [0.29, 0.717) is 18.5 Å². The second-order valence-electron chi connectivity index (χ2n) is 6.91. The maximum absolute atomic E-state index is 11.9. The Morgan fingerprint density at radius 1 is 1.39 bits per heavy atom. The van der Waals surface area contributed by atoms with Crippen molar-refractivity contribution in [3.63, 3.8) is 0 Å². The maximum Gasteiger partial charge on any atom is 0.336 e. The number of fused-ring (bicyclic) bond motifs is 1. The van der Waals surface area contributed by atoms with Gasteiger partial charge in [0.1, 0.15) is 0 Å². The van der Waals surface area contributed by atoms with Crippen LogP contribution in [0.4, 0.5) is 0 Å². The zero-order valence-corrected chi connectivity index (χ0v) is 13.5. The van der Waals surface area contributed by atoms with Gasteiger partial charge in [-0.1, -0.05) is 18.2 Å². The largest absolute Gasteiger partial charge is 0.478 e. The summed E-state index contributed by atoms with van der Waals surface area (Å²) >= 11 is 0. The van der Waals surface area contributed by atoms with Crippen LogP contribution >= 0.6 is 0 Å². The van der Waals surface area contributed by atoms with E-state index in [-0.39, 0.29) is 17.5 Å². The molecule has 0 bridgehead atoms. The Kier molecular flexibility index (Phi) is 4.39. The molecule has 0 radical (unpaired) electrons. The van der Waals surface area contributed by atoms with Gasteiger partial charge in [-0.25, -0.2) is 4.79 Å². The van der Waals surface area contributed by atoms with Gasteiger partial charge < -0.3 is 10.4 Å². The average Bonchev–Trinajstić information content (AvgIpc) is 2.65. The van der Waals surface area contributed by atoms with E-state index in [1.54, 1.807) is 12.1 Å². The van der Waals surface area contributed by atoms with Gasteiger partial charge in [-0.2, -0.15) is 0 Å². The fraction of sp³-hybridized carbons (Fsp3) is 0.556. The van der Waals surface area contributed by atoms with Crippen LogP contribution < -0.4 is 5.32 Å². The number of carboxylic acid groups (broad SMARTS) is 1. The van der Waals surface area contributed by atoms with Crippen molar-refractivity contribution in [1.29, 1.82) is 0 Å². The number of nitrogens with one attached hydrogen (secondary N) is 1. The number of amides is 1. The molecule has 0 aliphatic carbocycles. The lowest BCUT2D eigenvalue weighted by Crippen LogP contribution is -2.62. The second-order valence-corrected chi connectivity index (χ2v) is 6.91. The third-order valence-electron chi connectivity index (χ3n) is 5.25. The minimum atomic E-state index is -0.880. The first-order chi connectivity index (χ1) is 11.0. The first-order valence-electron chi connectivity index (χ1n) is 8.36. The van der Waals surface area contributed by atoms with Crippen LogP contribution in [0.2, 0.25) is 0 Å². The lowest BCUT2D eigenvalue weighted by atomic mass is 9.81. The van der Waals surface area contributed by atoms with E-state index in [4.69, 9.17) is 0 Å². The van der Waals surface area contributed by atoms with Crippen molar-refractivity contribution in [3.05, 3.63) is 35.4 Å². The highest BCUT2D eigenvalue weighted by Gasteiger charge is 2.43. The van der Waals surface area contributed by atoms with Gasteiger partial charge in [0.15, 0.2) is 0 Å². The topological polar surface area (TPSA) is 69.6 Å². The number of nitrogens with zero attached hydrogens (tertiary/aromatic N) is 1. The summed E-state index contributed by atoms with van der Waals surface area (Å²) in [4.78, 5) is 25.7. The molecule has 2 aliphatic rings. The fourth-order valence-corrected chi connectivity index (χ4v) is 4.13. The van der Waals surface area contributed by atoms with Crippen molar-refractivity contribution < 1.29 is 14.7 Å². The van der Waals surface area contributed by atoms with Gasteiger partial charge in [-0.3, -0.25) is 9.69 Å². The molecule has 1 aromatic rings. The summed E-state index contributed by atoms with van der Waals surface area (Å²) in [5.41, 5.74) is 1.02. The minimum Gasteiger partial charge on any atom is -0.478 e. The summed E-state index contributed by atoms with van der Waals surface area (Å²) in [5, 5.41) is 12.6. The van der Waals surface area contributed by atoms with Crippen molar-refractivity contribution in [2.24, 2.45) is 0 Å². The Bertz CT molecular complexity index is 616. The highest BCUT2D eigenvalue weighted by atomic mass is 16.4. The molecule has 1 aromatic carbocycles. The van der Waals surface area contributed by atoms with Gasteiger partial charge in [-0.15, -0.1) is 0 Å². The number of carboxylic acids is 1. The van der Waals surface area contributed by atoms with Crippen molar-refractivity contribution in [3.8, 4) is 0 Å². The number of hydrogen-bond donors (Lipinski definition) is 2. The predicted octanol–water partition coefficient (Wildman–Crippen LogP) is 2.41. The molecule has 0 saturated carbocycles. The third kappa shape index (κ3) is 3.24. The number of benzene rings is 1. The molecular formula is C18H24N2O3. The van der Waals surface area contributed by atoms with E-state index in [0.717, 1.165) is 37.8 Å². The molecule has 0 aromatic heterocycles. The Balaban J connectivity index is 1.85. The molecule has 2 fully saturated rings. The smallest absolute Gasteiger partial charge is 0.336 e. The number of carbonyl (C=O) groups is 2. The number of likely N-dealkylation sites (tertiary alicyclic amines) is 1. The van der Waals surface area contributed by atoms with E-state index in [9.17, 15) is 14.7 Å². The number of rotatable bonds is 3. The Labute approximate surface area is 136 Å². The summed E-state index contributed by atoms with van der Waals surface area (Å²) in [5.74, 6) is -0.739. The van der Waals surface area contributed by atoms with Crippen LogP contribution in [0.3, 0.4) is 0 Å². The molecule has 2 heterocycles. The quantitative estimate of drug-likeness (QED) is 0.898. The molecule has 5 heteroatoms. The van der Waals surface area contributed by atoms with Crippen LogP contribution in [0.5, 0.6) is 0 Å². The monoisotopic (exact) mass is 316 g/mol. The maximum atomic E-state index is 11.9. The van der Waals surface area contributed by atoms with Gasteiger partial charge in [0.25, 0.3) is 0 Å². The number of piperidine rings is 1. The highest BCUT2D eigenvalue weighted by molar-refractivity contribution is 5.89. The molecule has 5 nitrogen and oxygen atoms in total. The van der Waals surface area contributed by atoms with Crippen LogP contribution in [0.1, 0.15) is 54.9 Å². The molecule has 1 amide bonds. The summed E-state index contributed by atoms with van der Waals surface area (Å²) in [7, 11) is 0. The lowest BCUT2D eigenvalue weighted by Gasteiger charge is -2.48. The number of hydrogen-bond acceptors (Lipinski definition) is 3. The Morgan fingerprint density at radius 3 is 2.96 bits per heavy atom. The van der Waals surface area contributed by atoms with Gasteiger partial charge in [0.05, 0.1) is 11.1 Å². The number of carbonyl (C=O) groups excluding carboxylic acids is 1. The van der Waals surface area contributed by atoms with Crippen molar-refractivity contribution in [1.82, 2.24) is 10.2 Å². The summed E-state index contributed by atoms with van der Waals surface area (Å²) in [6.45, 7) is 3.71. The van der Waals surface area contributed by atoms with E-state index in [2.05, 4.69) is 17.1 Å². The number of aromatic carboxylic acids is 1. The van der Waals surface area contributed by atoms with Gasteiger partial charge in [-0.05, 0) is 50.8 Å². The van der Waals surface area contributed by atoms with E-state index >= 15 is 0 Å². The highest BCUT2D eigenvalue weighted by Crippen LogP contribution is 2.34. The van der Waals surface area contributed by atoms with Crippen LogP contribution in [0.25, 0.3) is 0 Å². The van der Waals surface area contributed by atoms with Gasteiger partial charge in [0.2, 0.25) is 5.91 Å². The summed E-state index contributed by atoms with van der Waals surface area (Å²) in [6, 6.07) is 7.48. The standard InChI is InChI=1S/C18H24N2O3/c1-18-10-5-11-20(15(18)8-4-9-16(21)19-18)12-13-6-2-3-7-14(13)17(22)23/h2-3,6-7,15H,4-5,8-12H2,1H3,(H,19,21)(H,22,23)/t15-,18-/m0/s1. The van der Waals surface area contributed by atoms with Crippen molar-refractivity contribution >= 4 is 11.9 Å². The molecule has 2 N–H and O–H groups in total. The Hall–Kier alpha value is -1.88. The van der Waals surface area contributed by atoms with Gasteiger partial charge in [0, 0.05) is 19.0 Å². The molecule has 0 unspecified atom stereocenters. The van der Waals surface area contributed by atoms with E-state index in [1.165, 1.54) is 0 Å². The molecule has 2 atom stereocenters. The van der Waals surface area contributed by atoms with E-state index in [1.807, 2.05) is 12.1 Å². The van der Waals surface area contributed by atoms with Crippen LogP contribution in [-0.2, 0) is 11.3 Å². The van der Waals surface area contributed by atoms with Gasteiger partial charge >= 0.3 is 5.97 Å². The SMILES string of the molecule is C[C@]12CCCN(Cc3ccccc3C(=O)O)[C@H]1CCCC(=O)N2. The fourth-order valence-electron chi connectivity index (χ4n) is 4.13. The van der Waals surface area contributed by atoms with Crippen molar-refractivity contribution in [2.45, 2.75) is 57.2 Å². The summed E-state index contributed by atoms with van der Waals surface area (Å²) < 4.78 is 0. The molecule has 23 heavy (non-hydrogen) atoms. The minimum absolute atomic E-state index is 0.141. The van der Waals surface area contributed by atoms with E-state index < -0.39 is 5.97 Å². The molecule has 2 saturated heterocycles. The third-order valence-corrected chi connectivity index (χ3v) is 5.25. The molecule has 124 valence electrons.